The molecular formula is C13H19N5O3. The molecule has 1 rings (SSSR count). The first kappa shape index (κ1) is 16.6. The van der Waals surface area contributed by atoms with Crippen LogP contribution in [0, 0.1) is 0 Å². The van der Waals surface area contributed by atoms with Crippen LogP contribution >= 0.6 is 0 Å². The van der Waals surface area contributed by atoms with Crippen molar-refractivity contribution in [1.82, 2.24) is 15.3 Å². The van der Waals surface area contributed by atoms with Gasteiger partial charge in [0.2, 0.25) is 6.08 Å². The van der Waals surface area contributed by atoms with Gasteiger partial charge in [-0.3, -0.25) is 5.32 Å². The molecule has 0 atom stereocenters. The molecule has 0 aliphatic heterocycles. The monoisotopic (exact) mass is 293 g/mol. The average Bonchev–Trinajstić information content (AvgIpc) is 2.45. The third-order valence-electron chi connectivity index (χ3n) is 2.80. The quantitative estimate of drug-likeness (QED) is 0.376. The molecule has 0 saturated carbocycles. The molecule has 0 saturated heterocycles. The van der Waals surface area contributed by atoms with Crippen molar-refractivity contribution in [3.05, 3.63) is 22.2 Å². The van der Waals surface area contributed by atoms with Crippen LogP contribution in [0.25, 0.3) is 0 Å². The molecule has 0 unspecified atom stereocenters. The van der Waals surface area contributed by atoms with E-state index in [-0.39, 0.29) is 5.82 Å². The van der Waals surface area contributed by atoms with Crippen LogP contribution in [0.1, 0.15) is 31.4 Å². The molecule has 1 heterocycles. The highest BCUT2D eigenvalue weighted by atomic mass is 16.2. The number of rotatable bonds is 8. The normalized spacial score (nSPS) is 9.76. The molecule has 0 aliphatic rings. The molecule has 3 N–H and O–H groups in total. The number of anilines is 1. The summed E-state index contributed by atoms with van der Waals surface area (Å²) in [7, 11) is 1.48. The molecule has 21 heavy (non-hydrogen) atoms. The predicted molar refractivity (Wildman–Crippen MR) is 78.1 cm³/mol. The number of carbonyl (C=O) groups excluding carboxylic acids is 2. The molecule has 114 valence electrons. The standard InChI is InChI=1S/C13H19N5O3/c1-14-12(20)17-11-8-10(16-13(21)18-11)6-4-2-3-5-7-15-9-19/h8H,2-7H2,1H3,(H3,14,16,17,18,20,21). The third-order valence-corrected chi connectivity index (χ3v) is 2.80. The number of hydrogen-bond acceptors (Lipinski definition) is 5. The lowest BCUT2D eigenvalue weighted by molar-refractivity contribution is 0.254. The van der Waals surface area contributed by atoms with Crippen LogP contribution in [0.4, 0.5) is 10.6 Å². The van der Waals surface area contributed by atoms with Gasteiger partial charge < -0.3 is 10.3 Å². The van der Waals surface area contributed by atoms with Gasteiger partial charge in [-0.25, -0.2) is 19.4 Å². The van der Waals surface area contributed by atoms with E-state index in [0.29, 0.717) is 13.0 Å². The van der Waals surface area contributed by atoms with E-state index in [1.54, 1.807) is 6.07 Å². The number of urea groups is 1. The highest BCUT2D eigenvalue weighted by Gasteiger charge is 2.04. The fourth-order valence-electron chi connectivity index (χ4n) is 1.79. The minimum atomic E-state index is -0.487. The maximum Gasteiger partial charge on any atom is 0.347 e. The maximum absolute atomic E-state index is 11.4. The molecule has 0 aromatic carbocycles. The molecule has 1 aromatic heterocycles. The first-order valence-corrected chi connectivity index (χ1v) is 6.78. The fourth-order valence-corrected chi connectivity index (χ4v) is 1.79. The van der Waals surface area contributed by atoms with Crippen LogP contribution in [0.5, 0.6) is 0 Å². The number of aromatic amines is 1. The number of aryl methyl sites for hydroxylation is 1. The Morgan fingerprint density at radius 1 is 1.38 bits per heavy atom. The van der Waals surface area contributed by atoms with Crippen molar-refractivity contribution in [2.75, 3.05) is 18.9 Å². The van der Waals surface area contributed by atoms with Gasteiger partial charge in [0.15, 0.2) is 0 Å². The Morgan fingerprint density at radius 3 is 2.86 bits per heavy atom. The minimum Gasteiger partial charge on any atom is -0.341 e. The summed E-state index contributed by atoms with van der Waals surface area (Å²) in [5.41, 5.74) is 0.242. The van der Waals surface area contributed by atoms with Gasteiger partial charge in [-0.05, 0) is 19.3 Å². The summed E-state index contributed by atoms with van der Waals surface area (Å²) in [6.45, 7) is 0.510. The summed E-state index contributed by atoms with van der Waals surface area (Å²) in [6, 6.07) is 1.22. The van der Waals surface area contributed by atoms with Gasteiger partial charge in [0.25, 0.3) is 0 Å². The molecule has 1 aromatic rings. The number of nitrogens with zero attached hydrogens (tertiary/aromatic N) is 2. The van der Waals surface area contributed by atoms with E-state index in [0.717, 1.165) is 31.4 Å². The zero-order valence-corrected chi connectivity index (χ0v) is 11.9. The molecule has 0 radical (unpaired) electrons. The van der Waals surface area contributed by atoms with Crippen molar-refractivity contribution < 1.29 is 9.59 Å². The highest BCUT2D eigenvalue weighted by Crippen LogP contribution is 2.08. The number of nitrogens with one attached hydrogen (secondary N) is 3. The van der Waals surface area contributed by atoms with Gasteiger partial charge >= 0.3 is 11.7 Å². The van der Waals surface area contributed by atoms with E-state index in [2.05, 4.69) is 25.6 Å². The summed E-state index contributed by atoms with van der Waals surface area (Å²) in [4.78, 5) is 42.2. The Hall–Kier alpha value is -2.47. The molecule has 0 spiro atoms. The van der Waals surface area contributed by atoms with E-state index in [9.17, 15) is 14.4 Å². The minimum absolute atomic E-state index is 0.230. The Kier molecular flexibility index (Phi) is 7.45. The zero-order valence-electron chi connectivity index (χ0n) is 11.9. The zero-order chi connectivity index (χ0) is 15.5. The SMILES string of the molecule is CNC(=O)Nc1cc(CCCCCCN=C=O)[nH]c(=O)n1. The number of unbranched alkanes of at least 4 members (excludes halogenated alkanes) is 3. The average molecular weight is 293 g/mol. The molecule has 8 nitrogen and oxygen atoms in total. The predicted octanol–water partition coefficient (Wildman–Crippen LogP) is 0.960. The summed E-state index contributed by atoms with van der Waals surface area (Å²) in [6.07, 6.45) is 5.87. The van der Waals surface area contributed by atoms with Crippen LogP contribution in [0.3, 0.4) is 0 Å². The van der Waals surface area contributed by atoms with Gasteiger partial charge in [0, 0.05) is 18.8 Å². The summed E-state index contributed by atoms with van der Waals surface area (Å²) < 4.78 is 0. The van der Waals surface area contributed by atoms with Crippen molar-refractivity contribution in [3.8, 4) is 0 Å². The molecule has 8 heteroatoms. The van der Waals surface area contributed by atoms with Crippen LogP contribution in [0.2, 0.25) is 0 Å². The smallest absolute Gasteiger partial charge is 0.341 e. The van der Waals surface area contributed by atoms with Crippen LogP contribution in [-0.2, 0) is 11.2 Å². The molecule has 0 bridgehead atoms. The van der Waals surface area contributed by atoms with Crippen molar-refractivity contribution in [1.29, 1.82) is 0 Å². The number of H-pyrrole nitrogens is 1. The van der Waals surface area contributed by atoms with Crippen molar-refractivity contribution in [2.45, 2.75) is 32.1 Å². The highest BCUT2D eigenvalue weighted by molar-refractivity contribution is 5.87. The van der Waals surface area contributed by atoms with Gasteiger partial charge in [-0.2, -0.15) is 4.98 Å². The molecule has 2 amide bonds. The molecular weight excluding hydrogens is 274 g/mol. The van der Waals surface area contributed by atoms with Crippen LogP contribution in [0.15, 0.2) is 15.9 Å². The second-order valence-corrected chi connectivity index (χ2v) is 4.44. The second-order valence-electron chi connectivity index (χ2n) is 4.44. The molecule has 0 fully saturated rings. The van der Waals surface area contributed by atoms with Crippen molar-refractivity contribution >= 4 is 17.9 Å². The first-order chi connectivity index (χ1) is 10.2. The number of isocyanates is 1. The van der Waals surface area contributed by atoms with E-state index < -0.39 is 11.7 Å². The summed E-state index contributed by atoms with van der Waals surface area (Å²) >= 11 is 0. The maximum atomic E-state index is 11.4. The van der Waals surface area contributed by atoms with Crippen LogP contribution in [-0.4, -0.2) is 35.7 Å². The van der Waals surface area contributed by atoms with E-state index in [1.807, 2.05) is 0 Å². The first-order valence-electron chi connectivity index (χ1n) is 6.78. The number of carbonyl (C=O) groups is 1. The van der Waals surface area contributed by atoms with Crippen LogP contribution < -0.4 is 16.3 Å². The van der Waals surface area contributed by atoms with Crippen molar-refractivity contribution in [3.63, 3.8) is 0 Å². The van der Waals surface area contributed by atoms with Crippen molar-refractivity contribution in [2.24, 2.45) is 4.99 Å². The number of aliphatic imine (C=N–C) groups is 1. The lowest BCUT2D eigenvalue weighted by Gasteiger charge is -2.05. The number of aromatic nitrogens is 2. The van der Waals surface area contributed by atoms with Gasteiger partial charge in [-0.15, -0.1) is 0 Å². The molecule has 0 aliphatic carbocycles. The second kappa shape index (κ2) is 9.44. The number of amides is 2. The van der Waals surface area contributed by atoms with E-state index >= 15 is 0 Å². The Balaban J connectivity index is 2.42. The topological polar surface area (TPSA) is 116 Å². The Labute approximate surface area is 122 Å². The van der Waals surface area contributed by atoms with Gasteiger partial charge in [0.05, 0.1) is 6.54 Å². The Morgan fingerprint density at radius 2 is 2.14 bits per heavy atom. The lowest BCUT2D eigenvalue weighted by Crippen LogP contribution is -2.27. The van der Waals surface area contributed by atoms with Gasteiger partial charge in [-0.1, -0.05) is 12.8 Å². The Bertz CT molecular complexity index is 563. The largest absolute Gasteiger partial charge is 0.347 e. The lowest BCUT2D eigenvalue weighted by atomic mass is 10.1. The fraction of sp³-hybridized carbons (Fsp3) is 0.538. The third kappa shape index (κ3) is 7.03. The van der Waals surface area contributed by atoms with Gasteiger partial charge in [0.1, 0.15) is 5.82 Å². The number of hydrogen-bond donors (Lipinski definition) is 3. The summed E-state index contributed by atoms with van der Waals surface area (Å²) in [5, 5.41) is 4.86. The van der Waals surface area contributed by atoms with E-state index in [1.165, 1.54) is 13.1 Å². The van der Waals surface area contributed by atoms with E-state index in [4.69, 9.17) is 0 Å². The summed E-state index contributed by atoms with van der Waals surface area (Å²) in [5.74, 6) is 0.230.